The van der Waals surface area contributed by atoms with E-state index in [4.69, 9.17) is 4.74 Å². The summed E-state index contributed by atoms with van der Waals surface area (Å²) in [4.78, 5) is 4.54. The maximum Gasteiger partial charge on any atom is 0.119 e. The average Bonchev–Trinajstić information content (AvgIpc) is 2.58. The zero-order valence-corrected chi connectivity index (χ0v) is 14.6. The van der Waals surface area contributed by atoms with Crippen LogP contribution in [0.25, 0.3) is 0 Å². The van der Waals surface area contributed by atoms with Crippen LogP contribution in [0.1, 0.15) is 51.2 Å². The molecule has 0 aromatic heterocycles. The maximum absolute atomic E-state index is 5.69. The lowest BCUT2D eigenvalue weighted by atomic mass is 9.99. The van der Waals surface area contributed by atoms with Gasteiger partial charge in [0.05, 0.1) is 12.3 Å². The Bertz CT molecular complexity index is 611. The maximum atomic E-state index is 5.69. The first-order chi connectivity index (χ1) is 11.1. The van der Waals surface area contributed by atoms with Crippen LogP contribution in [0.2, 0.25) is 0 Å². The Morgan fingerprint density at radius 3 is 2.17 bits per heavy atom. The van der Waals surface area contributed by atoms with Crippen molar-refractivity contribution in [3.05, 3.63) is 59.7 Å². The van der Waals surface area contributed by atoms with Crippen molar-refractivity contribution in [2.24, 2.45) is 10.9 Å². The van der Waals surface area contributed by atoms with Crippen LogP contribution < -0.4 is 4.74 Å². The van der Waals surface area contributed by atoms with Gasteiger partial charge in [0.1, 0.15) is 5.75 Å². The van der Waals surface area contributed by atoms with Gasteiger partial charge in [-0.3, -0.25) is 4.99 Å². The average molecular weight is 309 g/mol. The van der Waals surface area contributed by atoms with Crippen molar-refractivity contribution in [1.29, 1.82) is 0 Å². The standard InChI is InChI=1S/C21H27NO/c1-5-17(4)19-8-10-20(11-9-19)22-14-18-6-12-21(13-7-18)23-15-16(2)3/h6-14,16-17H,5,15H2,1-4H3. The van der Waals surface area contributed by atoms with E-state index in [0.717, 1.165) is 30.0 Å². The lowest BCUT2D eigenvalue weighted by Gasteiger charge is -2.08. The Kier molecular flexibility index (Phi) is 6.40. The van der Waals surface area contributed by atoms with E-state index < -0.39 is 0 Å². The van der Waals surface area contributed by atoms with E-state index in [1.807, 2.05) is 30.5 Å². The van der Waals surface area contributed by atoms with Crippen LogP contribution in [-0.2, 0) is 0 Å². The Morgan fingerprint density at radius 2 is 1.61 bits per heavy atom. The fourth-order valence-electron chi connectivity index (χ4n) is 2.19. The second kappa shape index (κ2) is 8.52. The molecule has 2 nitrogen and oxygen atoms in total. The highest BCUT2D eigenvalue weighted by Crippen LogP contribution is 2.22. The van der Waals surface area contributed by atoms with Crippen molar-refractivity contribution >= 4 is 11.9 Å². The normalized spacial score (nSPS) is 12.7. The highest BCUT2D eigenvalue weighted by Gasteiger charge is 2.01. The van der Waals surface area contributed by atoms with Gasteiger partial charge in [-0.2, -0.15) is 0 Å². The highest BCUT2D eigenvalue weighted by atomic mass is 16.5. The molecule has 0 N–H and O–H groups in total. The van der Waals surface area contributed by atoms with Crippen molar-refractivity contribution < 1.29 is 4.74 Å². The Morgan fingerprint density at radius 1 is 0.957 bits per heavy atom. The smallest absolute Gasteiger partial charge is 0.119 e. The van der Waals surface area contributed by atoms with Gasteiger partial charge in [0, 0.05) is 6.21 Å². The predicted octanol–water partition coefficient (Wildman–Crippen LogP) is 5.99. The fourth-order valence-corrected chi connectivity index (χ4v) is 2.19. The summed E-state index contributed by atoms with van der Waals surface area (Å²) < 4.78 is 5.69. The molecule has 23 heavy (non-hydrogen) atoms. The van der Waals surface area contributed by atoms with Crippen molar-refractivity contribution in [3.8, 4) is 5.75 Å². The van der Waals surface area contributed by atoms with Crippen LogP contribution in [-0.4, -0.2) is 12.8 Å². The van der Waals surface area contributed by atoms with E-state index in [2.05, 4.69) is 57.0 Å². The second-order valence-corrected chi connectivity index (χ2v) is 6.43. The third kappa shape index (κ3) is 5.55. The van der Waals surface area contributed by atoms with Crippen molar-refractivity contribution in [2.75, 3.05) is 6.61 Å². The van der Waals surface area contributed by atoms with Crippen LogP contribution in [0, 0.1) is 5.92 Å². The van der Waals surface area contributed by atoms with Crippen molar-refractivity contribution in [3.63, 3.8) is 0 Å². The van der Waals surface area contributed by atoms with Gasteiger partial charge in [0.25, 0.3) is 0 Å². The SMILES string of the molecule is CCC(C)c1ccc(N=Cc2ccc(OCC(C)C)cc2)cc1. The molecule has 2 aromatic rings. The van der Waals surface area contributed by atoms with Gasteiger partial charge in [-0.15, -0.1) is 0 Å². The predicted molar refractivity (Wildman–Crippen MR) is 99.2 cm³/mol. The van der Waals surface area contributed by atoms with Gasteiger partial charge >= 0.3 is 0 Å². The molecule has 0 saturated carbocycles. The van der Waals surface area contributed by atoms with Crippen molar-refractivity contribution in [1.82, 2.24) is 0 Å². The number of aliphatic imine (C=N–C) groups is 1. The van der Waals surface area contributed by atoms with E-state index in [1.54, 1.807) is 0 Å². The van der Waals surface area contributed by atoms with Crippen molar-refractivity contribution in [2.45, 2.75) is 40.0 Å². The molecule has 0 heterocycles. The molecular formula is C21H27NO. The first kappa shape index (κ1) is 17.3. The molecule has 2 rings (SSSR count). The lowest BCUT2D eigenvalue weighted by Crippen LogP contribution is -2.04. The first-order valence-corrected chi connectivity index (χ1v) is 8.45. The molecule has 122 valence electrons. The van der Waals surface area contributed by atoms with Crippen LogP contribution in [0.5, 0.6) is 5.75 Å². The van der Waals surface area contributed by atoms with Crippen LogP contribution in [0.15, 0.2) is 53.5 Å². The Labute approximate surface area is 140 Å². The molecule has 0 fully saturated rings. The highest BCUT2D eigenvalue weighted by molar-refractivity contribution is 5.82. The zero-order valence-electron chi connectivity index (χ0n) is 14.6. The van der Waals surface area contributed by atoms with Gasteiger partial charge in [0.15, 0.2) is 0 Å². The molecule has 0 saturated heterocycles. The molecule has 0 spiro atoms. The monoisotopic (exact) mass is 309 g/mol. The first-order valence-electron chi connectivity index (χ1n) is 8.45. The molecule has 0 bridgehead atoms. The summed E-state index contributed by atoms with van der Waals surface area (Å²) in [6.45, 7) is 9.50. The molecule has 2 aromatic carbocycles. The summed E-state index contributed by atoms with van der Waals surface area (Å²) in [6, 6.07) is 16.6. The number of benzene rings is 2. The molecule has 0 aliphatic rings. The molecule has 0 aliphatic heterocycles. The third-order valence-electron chi connectivity index (χ3n) is 3.90. The van der Waals surface area contributed by atoms with E-state index in [1.165, 1.54) is 5.56 Å². The van der Waals surface area contributed by atoms with Gasteiger partial charge in [0.2, 0.25) is 0 Å². The third-order valence-corrected chi connectivity index (χ3v) is 3.90. The molecule has 0 amide bonds. The fraction of sp³-hybridized carbons (Fsp3) is 0.381. The summed E-state index contributed by atoms with van der Waals surface area (Å²) in [7, 11) is 0. The number of nitrogens with zero attached hydrogens (tertiary/aromatic N) is 1. The minimum absolute atomic E-state index is 0.537. The number of rotatable bonds is 7. The van der Waals surface area contributed by atoms with Crippen LogP contribution >= 0.6 is 0 Å². The zero-order chi connectivity index (χ0) is 16.7. The lowest BCUT2D eigenvalue weighted by molar-refractivity contribution is 0.271. The van der Waals surface area contributed by atoms with Gasteiger partial charge in [-0.25, -0.2) is 0 Å². The molecule has 0 aliphatic carbocycles. The Balaban J connectivity index is 1.97. The summed E-state index contributed by atoms with van der Waals surface area (Å²) in [6.07, 6.45) is 3.05. The molecule has 1 atom stereocenters. The number of ether oxygens (including phenoxy) is 1. The van der Waals surface area contributed by atoms with Gasteiger partial charge < -0.3 is 4.74 Å². The van der Waals surface area contributed by atoms with E-state index in [9.17, 15) is 0 Å². The summed E-state index contributed by atoms with van der Waals surface area (Å²) in [5.74, 6) is 2.05. The van der Waals surface area contributed by atoms with E-state index >= 15 is 0 Å². The quantitative estimate of drug-likeness (QED) is 0.576. The summed E-state index contributed by atoms with van der Waals surface area (Å²) in [5, 5.41) is 0. The molecular weight excluding hydrogens is 282 g/mol. The second-order valence-electron chi connectivity index (χ2n) is 6.43. The molecule has 0 radical (unpaired) electrons. The van der Waals surface area contributed by atoms with Crippen LogP contribution in [0.4, 0.5) is 5.69 Å². The summed E-state index contributed by atoms with van der Waals surface area (Å²) in [5.41, 5.74) is 3.43. The largest absolute Gasteiger partial charge is 0.493 e. The van der Waals surface area contributed by atoms with Gasteiger partial charge in [-0.1, -0.05) is 39.8 Å². The minimum atomic E-state index is 0.537. The Hall–Kier alpha value is -2.09. The van der Waals surface area contributed by atoms with E-state index in [-0.39, 0.29) is 0 Å². The number of hydrogen-bond donors (Lipinski definition) is 0. The summed E-state index contributed by atoms with van der Waals surface area (Å²) >= 11 is 0. The van der Waals surface area contributed by atoms with E-state index in [0.29, 0.717) is 11.8 Å². The minimum Gasteiger partial charge on any atom is -0.493 e. The topological polar surface area (TPSA) is 21.6 Å². The molecule has 1 unspecified atom stereocenters. The number of hydrogen-bond acceptors (Lipinski definition) is 2. The van der Waals surface area contributed by atoms with Gasteiger partial charge in [-0.05, 0) is 65.8 Å². The van der Waals surface area contributed by atoms with Crippen LogP contribution in [0.3, 0.4) is 0 Å². The molecule has 2 heteroatoms.